The number of halogens is 1. The lowest BCUT2D eigenvalue weighted by atomic mass is 9.93. The molecular formula is C17H21FN4O. The molecule has 23 heavy (non-hydrogen) atoms. The maximum Gasteiger partial charge on any atom is 0.123 e. The molecule has 3 rings (SSSR count). The second-order valence-corrected chi connectivity index (χ2v) is 6.12. The van der Waals surface area contributed by atoms with Gasteiger partial charge in [-0.1, -0.05) is 29.5 Å². The predicted octanol–water partition coefficient (Wildman–Crippen LogP) is 1.96. The summed E-state index contributed by atoms with van der Waals surface area (Å²) in [7, 11) is 0. The van der Waals surface area contributed by atoms with Crippen molar-refractivity contribution < 1.29 is 9.50 Å². The molecule has 6 heteroatoms. The summed E-state index contributed by atoms with van der Waals surface area (Å²) in [4.78, 5) is 2.22. The first kappa shape index (κ1) is 15.8. The molecule has 1 aliphatic rings. The minimum atomic E-state index is -0.768. The maximum absolute atomic E-state index is 12.9. The van der Waals surface area contributed by atoms with Crippen LogP contribution in [0.25, 0.3) is 6.08 Å². The molecule has 0 spiro atoms. The average Bonchev–Trinajstić information content (AvgIpc) is 3.01. The molecule has 2 heterocycles. The van der Waals surface area contributed by atoms with Crippen molar-refractivity contribution in [2.75, 3.05) is 19.6 Å². The van der Waals surface area contributed by atoms with E-state index in [0.29, 0.717) is 13.1 Å². The molecule has 1 atom stereocenters. The van der Waals surface area contributed by atoms with Gasteiger partial charge in [-0.25, -0.2) is 9.07 Å². The number of aromatic nitrogens is 3. The topological polar surface area (TPSA) is 54.2 Å². The second kappa shape index (κ2) is 7.02. The molecule has 0 radical (unpaired) electrons. The Morgan fingerprint density at radius 3 is 2.87 bits per heavy atom. The van der Waals surface area contributed by atoms with E-state index in [2.05, 4.69) is 21.3 Å². The van der Waals surface area contributed by atoms with Crippen LogP contribution < -0.4 is 0 Å². The van der Waals surface area contributed by atoms with Crippen LogP contribution in [0.2, 0.25) is 0 Å². The van der Waals surface area contributed by atoms with E-state index < -0.39 is 5.60 Å². The SMILES string of the molecule is OC1(Cn2ccnn2)CCCN(C/C=C/c2ccc(F)cc2)C1. The van der Waals surface area contributed by atoms with Gasteiger partial charge in [0.2, 0.25) is 0 Å². The van der Waals surface area contributed by atoms with E-state index >= 15 is 0 Å². The zero-order chi connectivity index (χ0) is 16.1. The first-order valence-electron chi connectivity index (χ1n) is 7.84. The van der Waals surface area contributed by atoms with Crippen LogP contribution in [0, 0.1) is 5.82 Å². The van der Waals surface area contributed by atoms with E-state index in [1.54, 1.807) is 29.2 Å². The lowest BCUT2D eigenvalue weighted by Gasteiger charge is -2.38. The maximum atomic E-state index is 12.9. The zero-order valence-electron chi connectivity index (χ0n) is 13.0. The minimum absolute atomic E-state index is 0.226. The number of rotatable bonds is 5. The van der Waals surface area contributed by atoms with Crippen molar-refractivity contribution in [2.24, 2.45) is 0 Å². The Morgan fingerprint density at radius 1 is 1.30 bits per heavy atom. The Labute approximate surface area is 135 Å². The fourth-order valence-corrected chi connectivity index (χ4v) is 3.02. The van der Waals surface area contributed by atoms with E-state index in [1.807, 2.05) is 6.08 Å². The van der Waals surface area contributed by atoms with Gasteiger partial charge >= 0.3 is 0 Å². The summed E-state index contributed by atoms with van der Waals surface area (Å²) in [5, 5.41) is 18.5. The van der Waals surface area contributed by atoms with Gasteiger partial charge in [0, 0.05) is 19.3 Å². The summed E-state index contributed by atoms with van der Waals surface area (Å²) >= 11 is 0. The van der Waals surface area contributed by atoms with Gasteiger partial charge in [-0.15, -0.1) is 5.10 Å². The highest BCUT2D eigenvalue weighted by molar-refractivity contribution is 5.48. The van der Waals surface area contributed by atoms with Crippen LogP contribution in [0.4, 0.5) is 4.39 Å². The monoisotopic (exact) mass is 316 g/mol. The quantitative estimate of drug-likeness (QED) is 0.916. The Hall–Kier alpha value is -2.05. The molecule has 5 nitrogen and oxygen atoms in total. The lowest BCUT2D eigenvalue weighted by Crippen LogP contribution is -2.50. The summed E-state index contributed by atoms with van der Waals surface area (Å²) in [5.74, 6) is -0.226. The van der Waals surface area contributed by atoms with Crippen molar-refractivity contribution in [3.05, 3.63) is 54.1 Å². The van der Waals surface area contributed by atoms with Crippen LogP contribution in [-0.2, 0) is 6.54 Å². The van der Waals surface area contributed by atoms with Crippen LogP contribution in [0.5, 0.6) is 0 Å². The summed E-state index contributed by atoms with van der Waals surface area (Å²) in [5.41, 5.74) is 0.205. The number of benzene rings is 1. The molecule has 0 amide bonds. The number of piperidine rings is 1. The van der Waals surface area contributed by atoms with Gasteiger partial charge in [0.15, 0.2) is 0 Å². The van der Waals surface area contributed by atoms with Crippen molar-refractivity contribution in [3.8, 4) is 0 Å². The highest BCUT2D eigenvalue weighted by Gasteiger charge is 2.33. The predicted molar refractivity (Wildman–Crippen MR) is 86.1 cm³/mol. The van der Waals surface area contributed by atoms with E-state index in [0.717, 1.165) is 31.5 Å². The van der Waals surface area contributed by atoms with Crippen LogP contribution in [0.1, 0.15) is 18.4 Å². The van der Waals surface area contributed by atoms with Crippen LogP contribution in [0.15, 0.2) is 42.7 Å². The molecule has 1 fully saturated rings. The van der Waals surface area contributed by atoms with Gasteiger partial charge in [0.1, 0.15) is 5.82 Å². The number of likely N-dealkylation sites (tertiary alicyclic amines) is 1. The highest BCUT2D eigenvalue weighted by atomic mass is 19.1. The van der Waals surface area contributed by atoms with Crippen molar-refractivity contribution in [1.82, 2.24) is 19.9 Å². The third-order valence-electron chi connectivity index (χ3n) is 4.11. The van der Waals surface area contributed by atoms with Gasteiger partial charge < -0.3 is 5.11 Å². The fourth-order valence-electron chi connectivity index (χ4n) is 3.02. The molecule has 1 N–H and O–H groups in total. The molecule has 1 saturated heterocycles. The third-order valence-corrected chi connectivity index (χ3v) is 4.11. The first-order chi connectivity index (χ1) is 11.1. The summed E-state index contributed by atoms with van der Waals surface area (Å²) in [6, 6.07) is 6.42. The summed E-state index contributed by atoms with van der Waals surface area (Å²) in [6.07, 6.45) is 9.14. The first-order valence-corrected chi connectivity index (χ1v) is 7.84. The van der Waals surface area contributed by atoms with Gasteiger partial charge in [-0.3, -0.25) is 4.90 Å². The standard InChI is InChI=1S/C17H21FN4O/c18-16-6-4-15(5-7-16)3-1-10-21-11-2-8-17(23,13-21)14-22-12-9-19-20-22/h1,3-7,9,12,23H,2,8,10-11,13-14H2/b3-1+. The van der Waals surface area contributed by atoms with Crippen molar-refractivity contribution in [3.63, 3.8) is 0 Å². The van der Waals surface area contributed by atoms with Crippen LogP contribution in [-0.4, -0.2) is 50.2 Å². The molecule has 2 aromatic rings. The van der Waals surface area contributed by atoms with E-state index in [1.165, 1.54) is 12.1 Å². The molecule has 0 saturated carbocycles. The van der Waals surface area contributed by atoms with E-state index in [-0.39, 0.29) is 5.82 Å². The molecule has 1 aromatic heterocycles. The summed E-state index contributed by atoms with van der Waals surface area (Å²) in [6.45, 7) is 2.80. The molecule has 1 aromatic carbocycles. The van der Waals surface area contributed by atoms with Gasteiger partial charge in [0.25, 0.3) is 0 Å². The number of nitrogens with zero attached hydrogens (tertiary/aromatic N) is 4. The largest absolute Gasteiger partial charge is 0.387 e. The van der Waals surface area contributed by atoms with Crippen molar-refractivity contribution in [1.29, 1.82) is 0 Å². The number of aliphatic hydroxyl groups is 1. The van der Waals surface area contributed by atoms with Crippen molar-refractivity contribution >= 4 is 6.08 Å². The number of hydrogen-bond donors (Lipinski definition) is 1. The number of β-amino-alcohol motifs (C(OH)–C–C–N with tert-alkyl or cyclic N) is 1. The van der Waals surface area contributed by atoms with Gasteiger partial charge in [-0.05, 0) is 37.1 Å². The van der Waals surface area contributed by atoms with E-state index in [9.17, 15) is 9.50 Å². The normalized spacial score (nSPS) is 22.7. The Kier molecular flexibility index (Phi) is 4.83. The van der Waals surface area contributed by atoms with Gasteiger partial charge in [0.05, 0.1) is 18.3 Å². The lowest BCUT2D eigenvalue weighted by molar-refractivity contribution is -0.0424. The molecule has 1 unspecified atom stereocenters. The molecule has 122 valence electrons. The molecule has 0 aliphatic carbocycles. The summed E-state index contributed by atoms with van der Waals surface area (Å²) < 4.78 is 14.5. The van der Waals surface area contributed by atoms with Crippen LogP contribution >= 0.6 is 0 Å². The van der Waals surface area contributed by atoms with Gasteiger partial charge in [-0.2, -0.15) is 0 Å². The Morgan fingerprint density at radius 2 is 2.13 bits per heavy atom. The zero-order valence-corrected chi connectivity index (χ0v) is 13.0. The minimum Gasteiger partial charge on any atom is -0.387 e. The van der Waals surface area contributed by atoms with Crippen molar-refractivity contribution in [2.45, 2.75) is 25.0 Å². The second-order valence-electron chi connectivity index (χ2n) is 6.12. The fraction of sp³-hybridized carbons (Fsp3) is 0.412. The number of hydrogen-bond acceptors (Lipinski definition) is 4. The molecule has 1 aliphatic heterocycles. The smallest absolute Gasteiger partial charge is 0.123 e. The van der Waals surface area contributed by atoms with Crippen LogP contribution in [0.3, 0.4) is 0 Å². The molecule has 0 bridgehead atoms. The third kappa shape index (κ3) is 4.46. The van der Waals surface area contributed by atoms with E-state index in [4.69, 9.17) is 0 Å². The highest BCUT2D eigenvalue weighted by Crippen LogP contribution is 2.22. The Bertz CT molecular complexity index is 641. The average molecular weight is 316 g/mol. The molecular weight excluding hydrogens is 295 g/mol. The Balaban J connectivity index is 1.55.